The van der Waals surface area contributed by atoms with Crippen molar-refractivity contribution >= 4 is 23.4 Å². The Balaban J connectivity index is 1.09. The van der Waals surface area contributed by atoms with Crippen molar-refractivity contribution in [2.75, 3.05) is 57.7 Å². The average Bonchev–Trinajstić information content (AvgIpc) is 3.58. The number of piperazine rings is 1. The quantitative estimate of drug-likeness (QED) is 0.438. The van der Waals surface area contributed by atoms with Gasteiger partial charge in [0.25, 0.3) is 11.8 Å². The second-order valence-electron chi connectivity index (χ2n) is 12.6. The molecule has 1 aliphatic carbocycles. The molecule has 10 heteroatoms. The molecule has 0 bridgehead atoms. The maximum atomic E-state index is 14.5. The number of hydrogen-bond acceptors (Lipinski definition) is 6. The first-order valence-corrected chi connectivity index (χ1v) is 16.4. The third kappa shape index (κ3) is 7.24. The van der Waals surface area contributed by atoms with E-state index in [-0.39, 0.29) is 41.0 Å². The van der Waals surface area contributed by atoms with Crippen molar-refractivity contribution in [3.05, 3.63) is 58.9 Å². The molecule has 44 heavy (non-hydrogen) atoms. The maximum Gasteiger partial charge on any atom is 0.254 e. The van der Waals surface area contributed by atoms with Crippen LogP contribution in [0.4, 0.5) is 10.1 Å². The van der Waals surface area contributed by atoms with Gasteiger partial charge >= 0.3 is 0 Å². The molecule has 0 radical (unpaired) electrons. The molecule has 0 aromatic heterocycles. The fourth-order valence-electron chi connectivity index (χ4n) is 7.02. The minimum absolute atomic E-state index is 0.0445. The van der Waals surface area contributed by atoms with Crippen molar-refractivity contribution < 1.29 is 23.5 Å². The number of carbonyl (C=O) groups excluding carboxylic acids is 3. The second-order valence-corrected chi connectivity index (χ2v) is 12.6. The van der Waals surface area contributed by atoms with Crippen LogP contribution in [0.1, 0.15) is 83.6 Å². The van der Waals surface area contributed by atoms with Crippen LogP contribution in [0.15, 0.2) is 36.4 Å². The monoisotopic (exact) mass is 605 g/mol. The molecular weight excluding hydrogens is 561 g/mol. The molecule has 1 atom stereocenters. The number of benzene rings is 2. The van der Waals surface area contributed by atoms with Crippen molar-refractivity contribution in [2.24, 2.45) is 5.92 Å². The van der Waals surface area contributed by atoms with Crippen molar-refractivity contribution in [1.29, 1.82) is 0 Å². The molecule has 4 aliphatic rings. The predicted molar refractivity (Wildman–Crippen MR) is 167 cm³/mol. The van der Waals surface area contributed by atoms with E-state index in [4.69, 9.17) is 4.74 Å². The number of rotatable bonds is 7. The lowest BCUT2D eigenvalue weighted by Crippen LogP contribution is -2.50. The van der Waals surface area contributed by atoms with Crippen molar-refractivity contribution in [3.8, 4) is 5.75 Å². The molecule has 1 saturated carbocycles. The molecule has 3 saturated heterocycles. The van der Waals surface area contributed by atoms with E-state index in [1.807, 2.05) is 18.2 Å². The Morgan fingerprint density at radius 1 is 0.773 bits per heavy atom. The Kier molecular flexibility index (Phi) is 9.76. The number of piperidine rings is 1. The van der Waals surface area contributed by atoms with Crippen LogP contribution in [-0.4, -0.2) is 86.0 Å². The molecule has 3 N–H and O–H groups in total. The number of ether oxygens (including phenoxy) is 1. The zero-order chi connectivity index (χ0) is 30.5. The van der Waals surface area contributed by atoms with Crippen LogP contribution in [0.5, 0.6) is 5.75 Å². The van der Waals surface area contributed by atoms with Gasteiger partial charge in [-0.25, -0.2) is 4.39 Å². The summed E-state index contributed by atoms with van der Waals surface area (Å²) in [5, 5.41) is 9.39. The number of halogens is 1. The van der Waals surface area contributed by atoms with Crippen LogP contribution >= 0.6 is 0 Å². The largest absolute Gasteiger partial charge is 0.489 e. The summed E-state index contributed by atoms with van der Waals surface area (Å²) in [6.07, 6.45) is 8.47. The minimum atomic E-state index is -0.573. The molecule has 3 amide bonds. The number of nitrogens with zero attached hydrogens (tertiary/aromatic N) is 2. The summed E-state index contributed by atoms with van der Waals surface area (Å²) in [5.41, 5.74) is 2.28. The molecule has 0 unspecified atom stereocenters. The highest BCUT2D eigenvalue weighted by Crippen LogP contribution is 2.39. The Labute approximate surface area is 258 Å². The number of nitrogens with one attached hydrogen (secondary N) is 3. The standard InChI is InChI=1S/C34H44FN5O4/c35-27-18-26(19-28(21-27)38-32(41)24-8-11-36-12-9-24)34(43)40-16-14-39(15-17-40)33(42)25-6-7-31(44-29-10-13-37-22-29)30(20-25)23-4-2-1-3-5-23/h6-7,18-21,23-24,29,36-37H,1-5,8-17,22H2,(H,38,41)/t29-/m0/s1. The minimum Gasteiger partial charge on any atom is -0.489 e. The van der Waals surface area contributed by atoms with Crippen LogP contribution in [0.2, 0.25) is 0 Å². The predicted octanol–water partition coefficient (Wildman–Crippen LogP) is 4.15. The first-order valence-electron chi connectivity index (χ1n) is 16.4. The lowest BCUT2D eigenvalue weighted by Gasteiger charge is -2.35. The molecular formula is C34H44FN5O4. The highest BCUT2D eigenvalue weighted by Gasteiger charge is 2.29. The Morgan fingerprint density at radius 3 is 2.14 bits per heavy atom. The van der Waals surface area contributed by atoms with Gasteiger partial charge in [-0.15, -0.1) is 0 Å². The van der Waals surface area contributed by atoms with Gasteiger partial charge < -0.3 is 30.5 Å². The summed E-state index contributed by atoms with van der Waals surface area (Å²) in [6.45, 7) is 4.85. The third-order valence-electron chi connectivity index (χ3n) is 9.59. The van der Waals surface area contributed by atoms with Gasteiger partial charge in [0, 0.05) is 55.5 Å². The van der Waals surface area contributed by atoms with Gasteiger partial charge in [0.2, 0.25) is 5.91 Å². The van der Waals surface area contributed by atoms with E-state index < -0.39 is 5.82 Å². The fraction of sp³-hybridized carbons (Fsp3) is 0.559. The highest BCUT2D eigenvalue weighted by molar-refractivity contribution is 5.98. The van der Waals surface area contributed by atoms with E-state index in [9.17, 15) is 18.8 Å². The van der Waals surface area contributed by atoms with Gasteiger partial charge in [-0.2, -0.15) is 0 Å². The first-order chi connectivity index (χ1) is 21.4. The van der Waals surface area contributed by atoms with Crippen molar-refractivity contribution in [2.45, 2.75) is 63.4 Å². The lowest BCUT2D eigenvalue weighted by atomic mass is 9.83. The van der Waals surface area contributed by atoms with E-state index in [1.54, 1.807) is 15.9 Å². The van der Waals surface area contributed by atoms with Crippen molar-refractivity contribution in [3.63, 3.8) is 0 Å². The van der Waals surface area contributed by atoms with Crippen LogP contribution in [0.25, 0.3) is 0 Å². The van der Waals surface area contributed by atoms with E-state index in [2.05, 4.69) is 16.0 Å². The summed E-state index contributed by atoms with van der Waals surface area (Å²) in [5.74, 6) is 0.0970. The summed E-state index contributed by atoms with van der Waals surface area (Å²) in [6, 6.07) is 9.88. The summed E-state index contributed by atoms with van der Waals surface area (Å²) >= 11 is 0. The Hall–Kier alpha value is -3.50. The average molecular weight is 606 g/mol. The number of amides is 3. The second kappa shape index (κ2) is 14.1. The fourth-order valence-corrected chi connectivity index (χ4v) is 7.02. The molecule has 2 aromatic rings. The zero-order valence-electron chi connectivity index (χ0n) is 25.4. The van der Waals surface area contributed by atoms with Gasteiger partial charge in [0.15, 0.2) is 0 Å². The van der Waals surface area contributed by atoms with Crippen LogP contribution in [0, 0.1) is 11.7 Å². The lowest BCUT2D eigenvalue weighted by molar-refractivity contribution is -0.120. The molecule has 3 heterocycles. The first kappa shape index (κ1) is 30.5. The van der Waals surface area contributed by atoms with Crippen molar-refractivity contribution in [1.82, 2.24) is 20.4 Å². The van der Waals surface area contributed by atoms with Crippen LogP contribution in [-0.2, 0) is 4.79 Å². The normalized spacial score (nSPS) is 21.7. The summed E-state index contributed by atoms with van der Waals surface area (Å²) in [7, 11) is 0. The molecule has 236 valence electrons. The van der Waals surface area contributed by atoms with Gasteiger partial charge in [-0.05, 0) is 99.6 Å². The Morgan fingerprint density at radius 2 is 1.45 bits per heavy atom. The Bertz CT molecular complexity index is 1340. The van der Waals surface area contributed by atoms with Gasteiger partial charge in [0.1, 0.15) is 17.7 Å². The van der Waals surface area contributed by atoms with E-state index >= 15 is 0 Å². The molecule has 3 aliphatic heterocycles. The van der Waals surface area contributed by atoms with E-state index in [1.165, 1.54) is 31.4 Å². The summed E-state index contributed by atoms with van der Waals surface area (Å²) in [4.78, 5) is 43.1. The SMILES string of the molecule is O=C(Nc1cc(F)cc(C(=O)N2CCN(C(=O)c3ccc(O[C@H]4CCNC4)c(C4CCCCC4)c3)CC2)c1)C1CCNCC1. The third-order valence-corrected chi connectivity index (χ3v) is 9.59. The van der Waals surface area contributed by atoms with Gasteiger partial charge in [-0.1, -0.05) is 19.3 Å². The number of carbonyl (C=O) groups is 3. The molecule has 9 nitrogen and oxygen atoms in total. The molecule has 6 rings (SSSR count). The highest BCUT2D eigenvalue weighted by atomic mass is 19.1. The summed E-state index contributed by atoms with van der Waals surface area (Å²) < 4.78 is 20.9. The van der Waals surface area contributed by atoms with E-state index in [0.29, 0.717) is 37.7 Å². The van der Waals surface area contributed by atoms with Crippen LogP contribution < -0.4 is 20.7 Å². The zero-order valence-corrected chi connectivity index (χ0v) is 25.4. The topological polar surface area (TPSA) is 103 Å². The maximum absolute atomic E-state index is 14.5. The molecule has 4 fully saturated rings. The number of hydrogen-bond donors (Lipinski definition) is 3. The molecule has 2 aromatic carbocycles. The van der Waals surface area contributed by atoms with Gasteiger partial charge in [0.05, 0.1) is 0 Å². The van der Waals surface area contributed by atoms with E-state index in [0.717, 1.165) is 69.6 Å². The smallest absolute Gasteiger partial charge is 0.254 e. The van der Waals surface area contributed by atoms with Gasteiger partial charge in [-0.3, -0.25) is 14.4 Å². The molecule has 0 spiro atoms. The number of anilines is 1. The van der Waals surface area contributed by atoms with Crippen LogP contribution in [0.3, 0.4) is 0 Å².